The zero-order valence-electron chi connectivity index (χ0n) is 10.2. The Labute approximate surface area is 112 Å². The molecule has 0 aromatic heterocycles. The topological polar surface area (TPSA) is 15.3 Å². The molecule has 1 aromatic carbocycles. The second-order valence-corrected chi connectivity index (χ2v) is 6.23. The highest BCUT2D eigenvalue weighted by Gasteiger charge is 2.34. The molecule has 0 spiro atoms. The van der Waals surface area contributed by atoms with E-state index in [9.17, 15) is 0 Å². The van der Waals surface area contributed by atoms with Crippen molar-refractivity contribution in [2.24, 2.45) is 5.92 Å². The number of anilines is 1. The summed E-state index contributed by atoms with van der Waals surface area (Å²) in [4.78, 5) is 2.59. The van der Waals surface area contributed by atoms with E-state index in [-0.39, 0.29) is 0 Å². The molecule has 3 unspecified atom stereocenters. The highest BCUT2D eigenvalue weighted by Crippen LogP contribution is 2.32. The Kier molecular flexibility index (Phi) is 3.14. The standard InChI is InChI=1S/C14H19BrN2/c1-10-2-3-12(15)14(8-10)16-13-5-7-17-6-4-11(13)9-17/h2-3,8,11,13,16H,4-7,9H2,1H3. The van der Waals surface area contributed by atoms with Crippen molar-refractivity contribution in [2.45, 2.75) is 25.8 Å². The van der Waals surface area contributed by atoms with E-state index in [0.29, 0.717) is 6.04 Å². The summed E-state index contributed by atoms with van der Waals surface area (Å²) in [6.45, 7) is 6.01. The monoisotopic (exact) mass is 294 g/mol. The Morgan fingerprint density at radius 3 is 3.00 bits per heavy atom. The largest absolute Gasteiger partial charge is 0.381 e. The molecule has 3 rings (SSSR count). The molecule has 2 aliphatic rings. The fourth-order valence-electron chi connectivity index (χ4n) is 3.09. The van der Waals surface area contributed by atoms with Crippen LogP contribution in [0.15, 0.2) is 22.7 Å². The van der Waals surface area contributed by atoms with Crippen molar-refractivity contribution >= 4 is 21.6 Å². The molecule has 2 aliphatic heterocycles. The van der Waals surface area contributed by atoms with Crippen molar-refractivity contribution in [1.29, 1.82) is 0 Å². The van der Waals surface area contributed by atoms with Crippen LogP contribution >= 0.6 is 15.9 Å². The third-order valence-corrected chi connectivity index (χ3v) is 4.79. The van der Waals surface area contributed by atoms with E-state index in [1.54, 1.807) is 0 Å². The summed E-state index contributed by atoms with van der Waals surface area (Å²) in [7, 11) is 0. The lowest BCUT2D eigenvalue weighted by molar-refractivity contribution is 0.255. The fourth-order valence-corrected chi connectivity index (χ4v) is 3.45. The molecule has 2 bridgehead atoms. The summed E-state index contributed by atoms with van der Waals surface area (Å²) >= 11 is 3.64. The van der Waals surface area contributed by atoms with Crippen LogP contribution in [-0.4, -0.2) is 30.6 Å². The van der Waals surface area contributed by atoms with Crippen LogP contribution in [0, 0.1) is 12.8 Å². The first kappa shape index (κ1) is 11.5. The Bertz CT molecular complexity index is 419. The van der Waals surface area contributed by atoms with Crippen molar-refractivity contribution in [3.63, 3.8) is 0 Å². The molecule has 3 heteroatoms. The smallest absolute Gasteiger partial charge is 0.0489 e. The molecular weight excluding hydrogens is 276 g/mol. The van der Waals surface area contributed by atoms with Gasteiger partial charge in [-0.1, -0.05) is 6.07 Å². The van der Waals surface area contributed by atoms with Gasteiger partial charge in [-0.15, -0.1) is 0 Å². The molecule has 0 radical (unpaired) electrons. The Hall–Kier alpha value is -0.540. The SMILES string of the molecule is Cc1ccc(Br)c(NC2CCN3CCC2C3)c1. The minimum Gasteiger partial charge on any atom is -0.381 e. The van der Waals surface area contributed by atoms with E-state index in [1.807, 2.05) is 0 Å². The molecule has 17 heavy (non-hydrogen) atoms. The molecule has 3 atom stereocenters. The van der Waals surface area contributed by atoms with Gasteiger partial charge in [0.1, 0.15) is 0 Å². The molecule has 0 amide bonds. The summed E-state index contributed by atoms with van der Waals surface area (Å²) in [5.41, 5.74) is 2.58. The number of nitrogens with one attached hydrogen (secondary N) is 1. The predicted molar refractivity (Wildman–Crippen MR) is 75.5 cm³/mol. The highest BCUT2D eigenvalue weighted by molar-refractivity contribution is 9.10. The van der Waals surface area contributed by atoms with Gasteiger partial charge in [0.05, 0.1) is 0 Å². The van der Waals surface area contributed by atoms with Crippen molar-refractivity contribution in [3.8, 4) is 0 Å². The summed E-state index contributed by atoms with van der Waals surface area (Å²) in [6.07, 6.45) is 2.64. The number of hydrogen-bond acceptors (Lipinski definition) is 2. The van der Waals surface area contributed by atoms with Gasteiger partial charge in [0.15, 0.2) is 0 Å². The molecule has 0 saturated carbocycles. The van der Waals surface area contributed by atoms with Crippen LogP contribution in [-0.2, 0) is 0 Å². The van der Waals surface area contributed by atoms with E-state index in [0.717, 1.165) is 5.92 Å². The molecule has 0 aliphatic carbocycles. The lowest BCUT2D eigenvalue weighted by Crippen LogP contribution is -2.39. The van der Waals surface area contributed by atoms with E-state index in [2.05, 4.69) is 51.3 Å². The maximum atomic E-state index is 3.74. The van der Waals surface area contributed by atoms with Crippen LogP contribution in [0.2, 0.25) is 0 Å². The van der Waals surface area contributed by atoms with Crippen molar-refractivity contribution in [1.82, 2.24) is 4.90 Å². The normalized spacial score (nSPS) is 31.5. The van der Waals surface area contributed by atoms with Gasteiger partial charge in [-0.3, -0.25) is 0 Å². The number of aryl methyl sites for hydroxylation is 1. The minimum atomic E-state index is 0.659. The third kappa shape index (κ3) is 2.36. The second-order valence-electron chi connectivity index (χ2n) is 5.37. The maximum Gasteiger partial charge on any atom is 0.0489 e. The zero-order valence-corrected chi connectivity index (χ0v) is 11.8. The van der Waals surface area contributed by atoms with Crippen LogP contribution in [0.1, 0.15) is 18.4 Å². The molecule has 1 N–H and O–H groups in total. The Balaban J connectivity index is 1.75. The summed E-state index contributed by atoms with van der Waals surface area (Å²) < 4.78 is 1.18. The fraction of sp³-hybridized carbons (Fsp3) is 0.571. The average molecular weight is 295 g/mol. The molecule has 92 valence electrons. The van der Waals surface area contributed by atoms with Crippen LogP contribution in [0.25, 0.3) is 0 Å². The minimum absolute atomic E-state index is 0.659. The predicted octanol–water partition coefficient (Wildman–Crippen LogP) is 3.26. The van der Waals surface area contributed by atoms with Gasteiger partial charge >= 0.3 is 0 Å². The van der Waals surface area contributed by atoms with Gasteiger partial charge in [0, 0.05) is 29.3 Å². The number of piperidine rings is 1. The third-order valence-electron chi connectivity index (χ3n) is 4.10. The Morgan fingerprint density at radius 2 is 2.12 bits per heavy atom. The number of halogens is 1. The molecule has 2 heterocycles. The first-order valence-corrected chi connectivity index (χ1v) is 7.27. The van der Waals surface area contributed by atoms with E-state index in [1.165, 1.54) is 48.2 Å². The molecule has 2 fully saturated rings. The lowest BCUT2D eigenvalue weighted by Gasteiger charge is -2.32. The van der Waals surface area contributed by atoms with Gasteiger partial charge < -0.3 is 10.2 Å². The zero-order chi connectivity index (χ0) is 11.8. The summed E-state index contributed by atoms with van der Waals surface area (Å²) in [6, 6.07) is 7.19. The van der Waals surface area contributed by atoms with Crippen LogP contribution in [0.4, 0.5) is 5.69 Å². The number of rotatable bonds is 2. The molecule has 2 saturated heterocycles. The van der Waals surface area contributed by atoms with Crippen LogP contribution in [0.3, 0.4) is 0 Å². The number of fused-ring (bicyclic) bond motifs is 2. The van der Waals surface area contributed by atoms with Crippen LogP contribution < -0.4 is 5.32 Å². The van der Waals surface area contributed by atoms with Crippen LogP contribution in [0.5, 0.6) is 0 Å². The van der Waals surface area contributed by atoms with Crippen molar-refractivity contribution < 1.29 is 0 Å². The Morgan fingerprint density at radius 1 is 1.29 bits per heavy atom. The molecule has 1 aromatic rings. The van der Waals surface area contributed by atoms with Crippen molar-refractivity contribution in [3.05, 3.63) is 28.2 Å². The quantitative estimate of drug-likeness (QED) is 0.901. The van der Waals surface area contributed by atoms with Gasteiger partial charge in [-0.05, 0) is 65.9 Å². The van der Waals surface area contributed by atoms with E-state index in [4.69, 9.17) is 0 Å². The maximum absolute atomic E-state index is 3.74. The van der Waals surface area contributed by atoms with Gasteiger partial charge in [0.2, 0.25) is 0 Å². The van der Waals surface area contributed by atoms with Crippen molar-refractivity contribution in [2.75, 3.05) is 25.0 Å². The highest BCUT2D eigenvalue weighted by atomic mass is 79.9. The number of benzene rings is 1. The second kappa shape index (κ2) is 4.62. The summed E-state index contributed by atoms with van der Waals surface area (Å²) in [5, 5.41) is 3.74. The molecule has 2 nitrogen and oxygen atoms in total. The first-order chi connectivity index (χ1) is 8.22. The number of nitrogens with zero attached hydrogens (tertiary/aromatic N) is 1. The van der Waals surface area contributed by atoms with Gasteiger partial charge in [0.25, 0.3) is 0 Å². The molecular formula is C14H19BrN2. The summed E-state index contributed by atoms with van der Waals surface area (Å²) in [5.74, 6) is 0.844. The van der Waals surface area contributed by atoms with Gasteiger partial charge in [-0.2, -0.15) is 0 Å². The lowest BCUT2D eigenvalue weighted by atomic mass is 9.94. The first-order valence-electron chi connectivity index (χ1n) is 6.47. The average Bonchev–Trinajstić information content (AvgIpc) is 2.70. The number of hydrogen-bond donors (Lipinski definition) is 1. The van der Waals surface area contributed by atoms with Gasteiger partial charge in [-0.25, -0.2) is 0 Å². The van der Waals surface area contributed by atoms with E-state index >= 15 is 0 Å². The van der Waals surface area contributed by atoms with E-state index < -0.39 is 0 Å².